The zero-order valence-electron chi connectivity index (χ0n) is 21.7. The Bertz CT molecular complexity index is 1650. The molecule has 40 heavy (non-hydrogen) atoms. The lowest BCUT2D eigenvalue weighted by Gasteiger charge is -2.15. The summed E-state index contributed by atoms with van der Waals surface area (Å²) in [7, 11) is 3.08. The lowest BCUT2D eigenvalue weighted by molar-refractivity contribution is -0.122. The molecule has 9 nitrogen and oxygen atoms in total. The molecular formula is C29H25N3O6S2. The highest BCUT2D eigenvalue weighted by Crippen LogP contribution is 2.36. The van der Waals surface area contributed by atoms with Crippen LogP contribution in [0.25, 0.3) is 28.1 Å². The van der Waals surface area contributed by atoms with Crippen LogP contribution in [0, 0.1) is 0 Å². The van der Waals surface area contributed by atoms with Crippen LogP contribution in [0.15, 0.2) is 65.7 Å². The SMILES string of the molecule is COc1cc(C(=O)O)ccc1OCCCN1C(=O)C(=Cc2ccc(OC)c(-c3ccc4cn[nH]c4c3)c2)SC1=S. The number of aromatic amines is 1. The Morgan fingerprint density at radius 2 is 1.88 bits per heavy atom. The molecule has 204 valence electrons. The number of aromatic nitrogens is 2. The maximum atomic E-state index is 13.2. The van der Waals surface area contributed by atoms with Crippen molar-refractivity contribution in [2.75, 3.05) is 27.4 Å². The van der Waals surface area contributed by atoms with E-state index in [2.05, 4.69) is 10.2 Å². The van der Waals surface area contributed by atoms with E-state index < -0.39 is 5.97 Å². The zero-order valence-corrected chi connectivity index (χ0v) is 23.3. The van der Waals surface area contributed by atoms with Gasteiger partial charge in [-0.05, 0) is 60.0 Å². The van der Waals surface area contributed by atoms with E-state index in [1.165, 1.54) is 31.0 Å². The summed E-state index contributed by atoms with van der Waals surface area (Å²) in [5.41, 5.74) is 3.74. The minimum absolute atomic E-state index is 0.108. The van der Waals surface area contributed by atoms with Crippen LogP contribution in [0.2, 0.25) is 0 Å². The molecule has 0 aliphatic carbocycles. The second-order valence-electron chi connectivity index (χ2n) is 8.84. The Labute approximate surface area is 239 Å². The predicted molar refractivity (Wildman–Crippen MR) is 158 cm³/mol. The maximum Gasteiger partial charge on any atom is 0.335 e. The molecule has 0 saturated carbocycles. The van der Waals surface area contributed by atoms with E-state index in [-0.39, 0.29) is 11.5 Å². The van der Waals surface area contributed by atoms with Crippen LogP contribution in [0.4, 0.5) is 0 Å². The normalized spacial score (nSPS) is 14.2. The fourth-order valence-electron chi connectivity index (χ4n) is 4.31. The van der Waals surface area contributed by atoms with E-state index in [1.807, 2.05) is 42.5 Å². The van der Waals surface area contributed by atoms with Crippen molar-refractivity contribution in [1.82, 2.24) is 15.1 Å². The van der Waals surface area contributed by atoms with Gasteiger partial charge in [0.05, 0.1) is 43.0 Å². The molecule has 1 fully saturated rings. The van der Waals surface area contributed by atoms with Gasteiger partial charge in [0.25, 0.3) is 5.91 Å². The Hall–Kier alpha value is -4.35. The lowest BCUT2D eigenvalue weighted by atomic mass is 10.0. The molecule has 1 aliphatic rings. The number of benzene rings is 3. The third-order valence-corrected chi connectivity index (χ3v) is 7.72. The van der Waals surface area contributed by atoms with Crippen molar-refractivity contribution in [1.29, 1.82) is 0 Å². The van der Waals surface area contributed by atoms with Gasteiger partial charge in [0, 0.05) is 17.5 Å². The molecule has 5 rings (SSSR count). The number of carboxylic acids is 1. The van der Waals surface area contributed by atoms with Crippen molar-refractivity contribution in [3.05, 3.63) is 76.8 Å². The smallest absolute Gasteiger partial charge is 0.335 e. The van der Waals surface area contributed by atoms with Gasteiger partial charge >= 0.3 is 5.97 Å². The highest BCUT2D eigenvalue weighted by molar-refractivity contribution is 8.26. The Kier molecular flexibility index (Phi) is 8.04. The maximum absolute atomic E-state index is 13.2. The summed E-state index contributed by atoms with van der Waals surface area (Å²) >= 11 is 6.76. The van der Waals surface area contributed by atoms with Gasteiger partial charge in [-0.2, -0.15) is 5.10 Å². The monoisotopic (exact) mass is 575 g/mol. The summed E-state index contributed by atoms with van der Waals surface area (Å²) in [4.78, 5) is 26.5. The van der Waals surface area contributed by atoms with Gasteiger partial charge in [-0.1, -0.05) is 42.2 Å². The van der Waals surface area contributed by atoms with Gasteiger partial charge in [-0.3, -0.25) is 14.8 Å². The van der Waals surface area contributed by atoms with Gasteiger partial charge in [0.1, 0.15) is 10.1 Å². The first-order valence-corrected chi connectivity index (χ1v) is 13.5. The van der Waals surface area contributed by atoms with Gasteiger partial charge in [0.2, 0.25) is 0 Å². The minimum atomic E-state index is -1.05. The number of methoxy groups -OCH3 is 2. The average Bonchev–Trinajstić information content (AvgIpc) is 3.54. The van der Waals surface area contributed by atoms with Crippen LogP contribution in [-0.2, 0) is 4.79 Å². The molecule has 11 heteroatoms. The number of H-pyrrole nitrogens is 1. The van der Waals surface area contributed by atoms with Crippen LogP contribution in [0.3, 0.4) is 0 Å². The van der Waals surface area contributed by atoms with Gasteiger partial charge in [-0.15, -0.1) is 0 Å². The molecule has 1 saturated heterocycles. The molecule has 0 atom stereocenters. The number of aromatic carboxylic acids is 1. The summed E-state index contributed by atoms with van der Waals surface area (Å²) in [6.07, 6.45) is 4.13. The quantitative estimate of drug-likeness (QED) is 0.141. The van der Waals surface area contributed by atoms with E-state index in [9.17, 15) is 9.59 Å². The molecular weight excluding hydrogens is 550 g/mol. The van der Waals surface area contributed by atoms with E-state index in [4.69, 9.17) is 31.5 Å². The fraction of sp³-hybridized carbons (Fsp3) is 0.172. The summed E-state index contributed by atoms with van der Waals surface area (Å²) in [5, 5.41) is 17.2. The molecule has 0 unspecified atom stereocenters. The molecule has 2 heterocycles. The number of amides is 1. The van der Waals surface area contributed by atoms with Crippen LogP contribution in [0.1, 0.15) is 22.3 Å². The Balaban J connectivity index is 1.26. The van der Waals surface area contributed by atoms with Gasteiger partial charge in [0.15, 0.2) is 11.5 Å². The van der Waals surface area contributed by atoms with Crippen molar-refractivity contribution in [3.8, 4) is 28.4 Å². The average molecular weight is 576 g/mol. The summed E-state index contributed by atoms with van der Waals surface area (Å²) < 4.78 is 17.1. The zero-order chi connectivity index (χ0) is 28.2. The van der Waals surface area contributed by atoms with Gasteiger partial charge < -0.3 is 19.3 Å². The van der Waals surface area contributed by atoms with Crippen molar-refractivity contribution >= 4 is 57.2 Å². The molecule has 1 amide bonds. The molecule has 0 radical (unpaired) electrons. The minimum Gasteiger partial charge on any atom is -0.496 e. The topological polar surface area (TPSA) is 114 Å². The van der Waals surface area contributed by atoms with E-state index in [0.29, 0.717) is 40.3 Å². The van der Waals surface area contributed by atoms with Gasteiger partial charge in [-0.25, -0.2) is 4.79 Å². The number of carbonyl (C=O) groups excluding carboxylic acids is 1. The number of thioether (sulfide) groups is 1. The molecule has 4 aromatic rings. The summed E-state index contributed by atoms with van der Waals surface area (Å²) in [5.74, 6) is 0.276. The Morgan fingerprint density at radius 1 is 1.07 bits per heavy atom. The first-order valence-electron chi connectivity index (χ1n) is 12.3. The number of hydrogen-bond acceptors (Lipinski definition) is 8. The Morgan fingerprint density at radius 3 is 2.65 bits per heavy atom. The lowest BCUT2D eigenvalue weighted by Crippen LogP contribution is -2.29. The number of ether oxygens (including phenoxy) is 3. The third-order valence-electron chi connectivity index (χ3n) is 6.34. The molecule has 1 aromatic heterocycles. The van der Waals surface area contributed by atoms with Crippen molar-refractivity contribution in [3.63, 3.8) is 0 Å². The van der Waals surface area contributed by atoms with Crippen molar-refractivity contribution < 1.29 is 28.9 Å². The highest BCUT2D eigenvalue weighted by atomic mass is 32.2. The molecule has 0 spiro atoms. The summed E-state index contributed by atoms with van der Waals surface area (Å²) in [6.45, 7) is 0.678. The van der Waals surface area contributed by atoms with Crippen LogP contribution < -0.4 is 14.2 Å². The molecule has 0 bridgehead atoms. The molecule has 3 aromatic carbocycles. The number of nitrogens with one attached hydrogen (secondary N) is 1. The van der Waals surface area contributed by atoms with Crippen LogP contribution in [0.5, 0.6) is 17.2 Å². The molecule has 1 aliphatic heterocycles. The number of rotatable bonds is 10. The third kappa shape index (κ3) is 5.65. The van der Waals surface area contributed by atoms with Crippen LogP contribution in [-0.4, -0.2) is 63.8 Å². The second kappa shape index (κ2) is 11.8. The van der Waals surface area contributed by atoms with Crippen LogP contribution >= 0.6 is 24.0 Å². The number of carbonyl (C=O) groups is 2. The highest BCUT2D eigenvalue weighted by Gasteiger charge is 2.31. The number of hydrogen-bond donors (Lipinski definition) is 2. The van der Waals surface area contributed by atoms with E-state index in [1.54, 1.807) is 24.3 Å². The number of nitrogens with zero attached hydrogens (tertiary/aromatic N) is 2. The molecule has 2 N–H and O–H groups in total. The standard InChI is InChI=1S/C29H25N3O6S2/c1-36-23-8-4-17(12-21(23)18-5-6-20-16-30-31-22(20)14-18)13-26-27(33)32(29(39)40-26)10-3-11-38-24-9-7-19(28(34)35)15-25(24)37-2/h4-9,12-16H,3,10-11H2,1-2H3,(H,30,31)(H,34,35). The first kappa shape index (κ1) is 27.2. The number of thiocarbonyl (C=S) groups is 1. The summed E-state index contributed by atoms with van der Waals surface area (Å²) in [6, 6.07) is 16.2. The first-order chi connectivity index (χ1) is 19.4. The second-order valence-corrected chi connectivity index (χ2v) is 10.5. The van der Waals surface area contributed by atoms with E-state index in [0.717, 1.165) is 33.3 Å². The largest absolute Gasteiger partial charge is 0.496 e. The fourth-order valence-corrected chi connectivity index (χ4v) is 5.62. The number of fused-ring (bicyclic) bond motifs is 1. The predicted octanol–water partition coefficient (Wildman–Crippen LogP) is 5.62. The van der Waals surface area contributed by atoms with Crippen molar-refractivity contribution in [2.45, 2.75) is 6.42 Å². The number of carboxylic acid groups (broad SMARTS) is 1. The van der Waals surface area contributed by atoms with Crippen molar-refractivity contribution in [2.24, 2.45) is 0 Å². The van der Waals surface area contributed by atoms with E-state index >= 15 is 0 Å².